The molecule has 4 rings (SSSR count). The van der Waals surface area contributed by atoms with Crippen molar-refractivity contribution in [3.8, 4) is 17.3 Å². The predicted octanol–water partition coefficient (Wildman–Crippen LogP) is 4.69. The zero-order valence-corrected chi connectivity index (χ0v) is 20.1. The quantitative estimate of drug-likeness (QED) is 0.394. The Morgan fingerprint density at radius 1 is 1.00 bits per heavy atom. The Labute approximate surface area is 199 Å². The summed E-state index contributed by atoms with van der Waals surface area (Å²) in [6, 6.07) is 17.7. The summed E-state index contributed by atoms with van der Waals surface area (Å²) < 4.78 is 13.3. The molecule has 0 unspecified atom stereocenters. The van der Waals surface area contributed by atoms with E-state index in [1.54, 1.807) is 0 Å². The first-order valence-electron chi connectivity index (χ1n) is 11.6. The fraction of sp³-hybridized carbons (Fsp3) is 0.296. The van der Waals surface area contributed by atoms with Crippen molar-refractivity contribution in [3.05, 3.63) is 77.0 Å². The summed E-state index contributed by atoms with van der Waals surface area (Å²) in [5, 5.41) is 8.64. The van der Waals surface area contributed by atoms with Crippen LogP contribution in [0.15, 0.2) is 54.6 Å². The van der Waals surface area contributed by atoms with Crippen molar-refractivity contribution in [2.24, 2.45) is 0 Å². The van der Waals surface area contributed by atoms with Gasteiger partial charge in [-0.3, -0.25) is 4.79 Å². The summed E-state index contributed by atoms with van der Waals surface area (Å²) in [5.74, 6) is 0.947. The molecule has 34 heavy (non-hydrogen) atoms. The maximum Gasteiger partial charge on any atom is 0.258 e. The molecule has 0 aliphatic heterocycles. The normalized spacial score (nSPS) is 10.9. The molecule has 0 aliphatic carbocycles. The highest BCUT2D eigenvalue weighted by Crippen LogP contribution is 2.28. The Kier molecular flexibility index (Phi) is 7.11. The highest BCUT2D eigenvalue weighted by molar-refractivity contribution is 5.84. The molecule has 1 N–H and O–H groups in total. The lowest BCUT2D eigenvalue weighted by Crippen LogP contribution is -2.28. The van der Waals surface area contributed by atoms with E-state index in [2.05, 4.69) is 19.2 Å². The molecule has 0 spiro atoms. The number of nitrogens with zero attached hydrogens (tertiary/aromatic N) is 3. The highest BCUT2D eigenvalue weighted by Gasteiger charge is 2.17. The number of pyridine rings is 1. The number of rotatable bonds is 9. The summed E-state index contributed by atoms with van der Waals surface area (Å²) in [6.45, 7) is 8.87. The topological polar surface area (TPSA) is 78.3 Å². The Bertz CT molecular complexity index is 1300. The summed E-state index contributed by atoms with van der Waals surface area (Å²) >= 11 is 0. The smallest absolute Gasteiger partial charge is 0.258 e. The second-order valence-corrected chi connectivity index (χ2v) is 8.11. The molecule has 1 amide bonds. The molecule has 0 radical (unpaired) electrons. The van der Waals surface area contributed by atoms with E-state index in [0.717, 1.165) is 45.7 Å². The largest absolute Gasteiger partial charge is 0.494 e. The van der Waals surface area contributed by atoms with Gasteiger partial charge in [-0.1, -0.05) is 42.8 Å². The van der Waals surface area contributed by atoms with Crippen molar-refractivity contribution in [3.63, 3.8) is 0 Å². The summed E-state index contributed by atoms with van der Waals surface area (Å²) in [7, 11) is 0. The number of amides is 1. The lowest BCUT2D eigenvalue weighted by molar-refractivity contribution is -0.123. The Balaban J connectivity index is 1.51. The van der Waals surface area contributed by atoms with E-state index >= 15 is 0 Å². The van der Waals surface area contributed by atoms with Crippen molar-refractivity contribution in [2.45, 2.75) is 40.7 Å². The molecule has 7 nitrogen and oxygen atoms in total. The van der Waals surface area contributed by atoms with E-state index in [9.17, 15) is 4.79 Å². The molecular weight excluding hydrogens is 428 g/mol. The number of para-hydroxylation sites is 1. The minimum atomic E-state index is -0.227. The first kappa shape index (κ1) is 23.3. The number of carbonyl (C=O) groups is 1. The number of carbonyl (C=O) groups excluding carboxylic acids is 1. The fourth-order valence-corrected chi connectivity index (χ4v) is 3.90. The molecule has 0 aliphatic rings. The molecule has 2 heterocycles. The van der Waals surface area contributed by atoms with Gasteiger partial charge in [0, 0.05) is 23.6 Å². The van der Waals surface area contributed by atoms with E-state index in [0.29, 0.717) is 19.0 Å². The van der Waals surface area contributed by atoms with Crippen molar-refractivity contribution in [1.29, 1.82) is 0 Å². The van der Waals surface area contributed by atoms with Crippen LogP contribution in [0.3, 0.4) is 0 Å². The van der Waals surface area contributed by atoms with E-state index in [4.69, 9.17) is 19.6 Å². The maximum atomic E-state index is 12.5. The molecule has 2 aromatic carbocycles. The molecule has 0 saturated heterocycles. The molecular formula is C27H30N4O3. The van der Waals surface area contributed by atoms with Crippen LogP contribution in [0.4, 0.5) is 0 Å². The summed E-state index contributed by atoms with van der Waals surface area (Å²) in [4.78, 5) is 17.2. The predicted molar refractivity (Wildman–Crippen MR) is 133 cm³/mol. The second kappa shape index (κ2) is 10.4. The average molecular weight is 459 g/mol. The van der Waals surface area contributed by atoms with Gasteiger partial charge in [0.1, 0.15) is 5.75 Å². The lowest BCUT2D eigenvalue weighted by Gasteiger charge is -2.12. The standard InChI is InChI=1S/C27H30N4O3/c1-5-20-15-25(34-17-24(32)28-16-21-9-7-8-10-23(21)33-6-2)29-27-26(20)19(4)30-31(27)22-13-11-18(3)12-14-22/h7-15H,5-6,16-17H2,1-4H3,(H,28,32). The van der Waals surface area contributed by atoms with Gasteiger partial charge in [-0.2, -0.15) is 10.1 Å². The third-order valence-corrected chi connectivity index (χ3v) is 5.63. The zero-order chi connectivity index (χ0) is 24.1. The number of hydrogen-bond acceptors (Lipinski definition) is 5. The Hall–Kier alpha value is -3.87. The van der Waals surface area contributed by atoms with Crippen LogP contribution >= 0.6 is 0 Å². The van der Waals surface area contributed by atoms with Crippen LogP contribution in [0.25, 0.3) is 16.7 Å². The first-order chi connectivity index (χ1) is 16.5. The van der Waals surface area contributed by atoms with Crippen molar-refractivity contribution < 1.29 is 14.3 Å². The van der Waals surface area contributed by atoms with Gasteiger partial charge in [-0.25, -0.2) is 4.68 Å². The third-order valence-electron chi connectivity index (χ3n) is 5.63. The molecule has 0 saturated carbocycles. The van der Waals surface area contributed by atoms with E-state index < -0.39 is 0 Å². The number of aromatic nitrogens is 3. The monoisotopic (exact) mass is 458 g/mol. The van der Waals surface area contributed by atoms with Crippen LogP contribution in [0, 0.1) is 13.8 Å². The molecule has 0 fully saturated rings. The molecule has 0 atom stereocenters. The van der Waals surface area contributed by atoms with E-state index in [1.165, 1.54) is 5.56 Å². The minimum absolute atomic E-state index is 0.129. The van der Waals surface area contributed by atoms with Gasteiger partial charge in [0.05, 0.1) is 18.0 Å². The SMILES string of the molecule is CCOc1ccccc1CNC(=O)COc1cc(CC)c2c(C)nn(-c3ccc(C)cc3)c2n1. The van der Waals surface area contributed by atoms with Gasteiger partial charge in [0.15, 0.2) is 12.3 Å². The van der Waals surface area contributed by atoms with E-state index in [1.807, 2.05) is 73.1 Å². The van der Waals surface area contributed by atoms with Gasteiger partial charge in [-0.05, 0) is 51.0 Å². The van der Waals surface area contributed by atoms with E-state index in [-0.39, 0.29) is 12.5 Å². The molecule has 4 aromatic rings. The summed E-state index contributed by atoms with van der Waals surface area (Å²) in [5.41, 5.74) is 5.75. The molecule has 7 heteroatoms. The van der Waals surface area contributed by atoms with Crippen LogP contribution < -0.4 is 14.8 Å². The summed E-state index contributed by atoms with van der Waals surface area (Å²) in [6.07, 6.45) is 0.802. The Morgan fingerprint density at radius 3 is 2.50 bits per heavy atom. The van der Waals surface area contributed by atoms with Crippen LogP contribution in [-0.2, 0) is 17.8 Å². The van der Waals surface area contributed by atoms with Crippen LogP contribution in [0.2, 0.25) is 0 Å². The number of fused-ring (bicyclic) bond motifs is 1. The molecule has 0 bridgehead atoms. The number of benzene rings is 2. The average Bonchev–Trinajstić information content (AvgIpc) is 3.18. The fourth-order valence-electron chi connectivity index (χ4n) is 3.90. The van der Waals surface area contributed by atoms with Crippen LogP contribution in [0.5, 0.6) is 11.6 Å². The van der Waals surface area contributed by atoms with Gasteiger partial charge in [0.2, 0.25) is 5.88 Å². The zero-order valence-electron chi connectivity index (χ0n) is 20.1. The number of aryl methyl sites for hydroxylation is 3. The van der Waals surface area contributed by atoms with Crippen LogP contribution in [0.1, 0.15) is 36.2 Å². The number of nitrogens with one attached hydrogen (secondary N) is 1. The van der Waals surface area contributed by atoms with Crippen LogP contribution in [-0.4, -0.2) is 33.9 Å². The van der Waals surface area contributed by atoms with Crippen molar-refractivity contribution in [2.75, 3.05) is 13.2 Å². The lowest BCUT2D eigenvalue weighted by atomic mass is 10.1. The molecule has 176 valence electrons. The number of ether oxygens (including phenoxy) is 2. The first-order valence-corrected chi connectivity index (χ1v) is 11.6. The van der Waals surface area contributed by atoms with Gasteiger partial charge >= 0.3 is 0 Å². The maximum absolute atomic E-state index is 12.5. The highest BCUT2D eigenvalue weighted by atomic mass is 16.5. The Morgan fingerprint density at radius 2 is 1.76 bits per heavy atom. The van der Waals surface area contributed by atoms with Gasteiger partial charge < -0.3 is 14.8 Å². The van der Waals surface area contributed by atoms with Gasteiger partial charge in [-0.15, -0.1) is 0 Å². The van der Waals surface area contributed by atoms with Gasteiger partial charge in [0.25, 0.3) is 5.91 Å². The van der Waals surface area contributed by atoms with Crippen molar-refractivity contribution >= 4 is 16.9 Å². The van der Waals surface area contributed by atoms with Crippen molar-refractivity contribution in [1.82, 2.24) is 20.1 Å². The number of hydrogen-bond donors (Lipinski definition) is 1. The third kappa shape index (κ3) is 5.03. The second-order valence-electron chi connectivity index (χ2n) is 8.11. The minimum Gasteiger partial charge on any atom is -0.494 e. The molecule has 2 aromatic heterocycles.